The molecule has 3 heteroatoms. The number of hydrogen-bond acceptors (Lipinski definition) is 1. The molecular formula is C11H11F2O. The summed E-state index contributed by atoms with van der Waals surface area (Å²) in [4.78, 5) is 0. The van der Waals surface area contributed by atoms with Crippen LogP contribution >= 0.6 is 0 Å². The van der Waals surface area contributed by atoms with Crippen molar-refractivity contribution < 1.29 is 13.5 Å². The Balaban J connectivity index is 2.07. The van der Waals surface area contributed by atoms with Crippen molar-refractivity contribution in [3.8, 4) is 5.75 Å². The maximum Gasteiger partial charge on any atom is 0.137 e. The standard InChI is InChI=1S/C11H11F2O/c12-8-5-9(13)7-11(6-8)14-10-3-1-2-4-10/h5-6,10H,1-4H2. The molecule has 75 valence electrons. The molecule has 0 atom stereocenters. The number of hydrogen-bond donors (Lipinski definition) is 0. The fourth-order valence-corrected chi connectivity index (χ4v) is 1.73. The molecule has 1 nitrogen and oxygen atoms in total. The fourth-order valence-electron chi connectivity index (χ4n) is 1.73. The summed E-state index contributed by atoms with van der Waals surface area (Å²) in [6.45, 7) is 0. The molecule has 0 aliphatic heterocycles. The van der Waals surface area contributed by atoms with E-state index >= 15 is 0 Å². The number of benzene rings is 1. The van der Waals surface area contributed by atoms with Gasteiger partial charge in [-0.25, -0.2) is 8.78 Å². The Bertz CT molecular complexity index is 299. The Morgan fingerprint density at radius 1 is 1.21 bits per heavy atom. The summed E-state index contributed by atoms with van der Waals surface area (Å²) in [6.07, 6.45) is 4.29. The first-order valence-electron chi connectivity index (χ1n) is 4.79. The SMILES string of the molecule is Fc1[c]c(OC2CCCC2)cc(F)c1. The van der Waals surface area contributed by atoms with E-state index < -0.39 is 11.6 Å². The van der Waals surface area contributed by atoms with Gasteiger partial charge in [0.1, 0.15) is 17.4 Å². The van der Waals surface area contributed by atoms with Crippen LogP contribution in [0.4, 0.5) is 8.78 Å². The van der Waals surface area contributed by atoms with Crippen LogP contribution in [0.3, 0.4) is 0 Å². The zero-order valence-electron chi connectivity index (χ0n) is 7.72. The van der Waals surface area contributed by atoms with Crippen LogP contribution in [-0.4, -0.2) is 6.10 Å². The molecule has 0 heterocycles. The highest BCUT2D eigenvalue weighted by atomic mass is 19.1. The van der Waals surface area contributed by atoms with Gasteiger partial charge in [-0.05, 0) is 25.7 Å². The van der Waals surface area contributed by atoms with Gasteiger partial charge >= 0.3 is 0 Å². The minimum absolute atomic E-state index is 0.104. The normalized spacial score (nSPS) is 17.3. The van der Waals surface area contributed by atoms with Gasteiger partial charge in [0.25, 0.3) is 0 Å². The lowest BCUT2D eigenvalue weighted by Gasteiger charge is -2.12. The molecule has 1 aliphatic carbocycles. The second-order valence-corrected chi connectivity index (χ2v) is 3.54. The highest BCUT2D eigenvalue weighted by Gasteiger charge is 2.17. The van der Waals surface area contributed by atoms with Crippen molar-refractivity contribution in [1.29, 1.82) is 0 Å². The maximum atomic E-state index is 12.8. The van der Waals surface area contributed by atoms with E-state index in [4.69, 9.17) is 4.74 Å². The summed E-state index contributed by atoms with van der Waals surface area (Å²) < 4.78 is 30.9. The highest BCUT2D eigenvalue weighted by Crippen LogP contribution is 2.24. The Labute approximate surface area is 81.7 Å². The molecule has 0 aromatic heterocycles. The Morgan fingerprint density at radius 3 is 2.57 bits per heavy atom. The Hall–Kier alpha value is -1.12. The van der Waals surface area contributed by atoms with Crippen LogP contribution < -0.4 is 4.74 Å². The lowest BCUT2D eigenvalue weighted by molar-refractivity contribution is 0.207. The van der Waals surface area contributed by atoms with Crippen LogP contribution in [0.2, 0.25) is 0 Å². The van der Waals surface area contributed by atoms with Crippen LogP contribution in [0.15, 0.2) is 12.1 Å². The van der Waals surface area contributed by atoms with E-state index in [2.05, 4.69) is 6.07 Å². The molecule has 0 N–H and O–H groups in total. The monoisotopic (exact) mass is 197 g/mol. The minimum atomic E-state index is -0.710. The third-order valence-electron chi connectivity index (χ3n) is 2.37. The number of halogens is 2. The van der Waals surface area contributed by atoms with Gasteiger partial charge in [-0.15, -0.1) is 0 Å². The summed E-state index contributed by atoms with van der Waals surface area (Å²) in [7, 11) is 0. The quantitative estimate of drug-likeness (QED) is 0.707. The summed E-state index contributed by atoms with van der Waals surface area (Å²) in [6, 6.07) is 4.31. The molecule has 0 saturated heterocycles. The van der Waals surface area contributed by atoms with Crippen LogP contribution in [0.5, 0.6) is 5.75 Å². The lowest BCUT2D eigenvalue weighted by atomic mass is 10.3. The molecule has 1 aromatic rings. The first kappa shape index (κ1) is 9.44. The maximum absolute atomic E-state index is 12.8. The van der Waals surface area contributed by atoms with E-state index in [9.17, 15) is 8.78 Å². The second-order valence-electron chi connectivity index (χ2n) is 3.54. The van der Waals surface area contributed by atoms with E-state index in [0.29, 0.717) is 0 Å². The van der Waals surface area contributed by atoms with Gasteiger partial charge < -0.3 is 4.74 Å². The van der Waals surface area contributed by atoms with Gasteiger partial charge in [0.15, 0.2) is 0 Å². The van der Waals surface area contributed by atoms with Gasteiger partial charge in [-0.3, -0.25) is 0 Å². The predicted molar refractivity (Wildman–Crippen MR) is 48.1 cm³/mol. The van der Waals surface area contributed by atoms with Crippen molar-refractivity contribution in [3.05, 3.63) is 29.8 Å². The molecule has 14 heavy (non-hydrogen) atoms. The number of rotatable bonds is 2. The molecule has 0 bridgehead atoms. The second kappa shape index (κ2) is 3.95. The summed E-state index contributed by atoms with van der Waals surface area (Å²) in [5.74, 6) is -1.15. The predicted octanol–water partition coefficient (Wildman–Crippen LogP) is 3.09. The van der Waals surface area contributed by atoms with Crippen molar-refractivity contribution in [2.75, 3.05) is 0 Å². The van der Waals surface area contributed by atoms with Gasteiger partial charge in [0.2, 0.25) is 0 Å². The van der Waals surface area contributed by atoms with E-state index in [0.717, 1.165) is 31.7 Å². The van der Waals surface area contributed by atoms with Gasteiger partial charge in [-0.2, -0.15) is 0 Å². The van der Waals surface area contributed by atoms with Gasteiger partial charge in [-0.1, -0.05) is 0 Å². The van der Waals surface area contributed by atoms with Crippen molar-refractivity contribution in [2.45, 2.75) is 31.8 Å². The van der Waals surface area contributed by atoms with Gasteiger partial charge in [0.05, 0.1) is 12.2 Å². The van der Waals surface area contributed by atoms with Crippen molar-refractivity contribution in [2.24, 2.45) is 0 Å². The summed E-state index contributed by atoms with van der Waals surface area (Å²) >= 11 is 0. The molecule has 1 radical (unpaired) electrons. The van der Waals surface area contributed by atoms with Crippen molar-refractivity contribution in [3.63, 3.8) is 0 Å². The van der Waals surface area contributed by atoms with Crippen molar-refractivity contribution in [1.82, 2.24) is 0 Å². The van der Waals surface area contributed by atoms with E-state index in [1.165, 1.54) is 6.07 Å². The molecule has 1 fully saturated rings. The van der Waals surface area contributed by atoms with Crippen LogP contribution in [0.1, 0.15) is 25.7 Å². The zero-order chi connectivity index (χ0) is 9.97. The van der Waals surface area contributed by atoms with E-state index in [1.807, 2.05) is 0 Å². The highest BCUT2D eigenvalue weighted by molar-refractivity contribution is 5.22. The molecule has 0 spiro atoms. The molecule has 1 saturated carbocycles. The van der Waals surface area contributed by atoms with Crippen LogP contribution in [0, 0.1) is 17.7 Å². The molecule has 2 rings (SSSR count). The summed E-state index contributed by atoms with van der Waals surface area (Å²) in [5, 5.41) is 0. The molecule has 0 amide bonds. The largest absolute Gasteiger partial charge is 0.490 e. The van der Waals surface area contributed by atoms with Crippen molar-refractivity contribution >= 4 is 0 Å². The minimum Gasteiger partial charge on any atom is -0.490 e. The zero-order valence-corrected chi connectivity index (χ0v) is 7.72. The molecule has 1 aliphatic rings. The number of ether oxygens (including phenoxy) is 1. The molecule has 0 unspecified atom stereocenters. The fraction of sp³-hybridized carbons (Fsp3) is 0.455. The average Bonchev–Trinajstić information content (AvgIpc) is 2.54. The van der Waals surface area contributed by atoms with Crippen LogP contribution in [-0.2, 0) is 0 Å². The van der Waals surface area contributed by atoms with E-state index in [-0.39, 0.29) is 11.9 Å². The molecule has 1 aromatic carbocycles. The summed E-state index contributed by atoms with van der Waals surface area (Å²) in [5.41, 5.74) is 0. The first-order valence-corrected chi connectivity index (χ1v) is 4.79. The first-order chi connectivity index (χ1) is 6.74. The third-order valence-corrected chi connectivity index (χ3v) is 2.37. The topological polar surface area (TPSA) is 9.23 Å². The van der Waals surface area contributed by atoms with Crippen LogP contribution in [0.25, 0.3) is 0 Å². The smallest absolute Gasteiger partial charge is 0.137 e. The lowest BCUT2D eigenvalue weighted by Crippen LogP contribution is -2.11. The third kappa shape index (κ3) is 2.22. The molecular weight excluding hydrogens is 186 g/mol. The average molecular weight is 197 g/mol. The van der Waals surface area contributed by atoms with Gasteiger partial charge in [0, 0.05) is 12.1 Å². The Kier molecular flexibility index (Phi) is 2.66. The Morgan fingerprint density at radius 2 is 1.93 bits per heavy atom. The van der Waals surface area contributed by atoms with E-state index in [1.54, 1.807) is 0 Å².